The summed E-state index contributed by atoms with van der Waals surface area (Å²) >= 11 is 6.09. The second-order valence-corrected chi connectivity index (χ2v) is 5.63. The van der Waals surface area contributed by atoms with Crippen LogP contribution in [0.5, 0.6) is 5.75 Å². The van der Waals surface area contributed by atoms with Crippen LogP contribution >= 0.6 is 11.6 Å². The molecule has 0 spiro atoms. The van der Waals surface area contributed by atoms with Crippen molar-refractivity contribution in [2.24, 2.45) is 0 Å². The van der Waals surface area contributed by atoms with Gasteiger partial charge in [0.15, 0.2) is 6.10 Å². The predicted molar refractivity (Wildman–Crippen MR) is 85.8 cm³/mol. The van der Waals surface area contributed by atoms with E-state index in [1.54, 1.807) is 18.2 Å². The molecule has 0 saturated carbocycles. The number of aliphatic hydroxyl groups excluding tert-OH is 1. The van der Waals surface area contributed by atoms with E-state index in [4.69, 9.17) is 21.4 Å². The van der Waals surface area contributed by atoms with E-state index in [0.717, 1.165) is 18.1 Å². The van der Waals surface area contributed by atoms with Gasteiger partial charge < -0.3 is 15.2 Å². The average Bonchev–Trinajstić information content (AvgIpc) is 2.44. The minimum absolute atomic E-state index is 0.136. The summed E-state index contributed by atoms with van der Waals surface area (Å²) in [4.78, 5) is 0. The molecular weight excluding hydrogens is 312 g/mol. The minimum Gasteiger partial charge on any atom is -0.483 e. The monoisotopic (exact) mass is 333 g/mol. The number of benzene rings is 1. The number of rotatable bonds is 9. The third-order valence-electron chi connectivity index (χ3n) is 3.21. The lowest BCUT2D eigenvalue weighted by Crippen LogP contribution is -2.32. The van der Waals surface area contributed by atoms with Crippen molar-refractivity contribution in [3.8, 4) is 5.75 Å². The van der Waals surface area contributed by atoms with Crippen molar-refractivity contribution in [3.63, 3.8) is 0 Å². The van der Waals surface area contributed by atoms with Gasteiger partial charge in [0.25, 0.3) is 5.92 Å². The van der Waals surface area contributed by atoms with E-state index in [1.165, 1.54) is 6.92 Å². The second-order valence-electron chi connectivity index (χ2n) is 5.22. The highest BCUT2D eigenvalue weighted by Gasteiger charge is 2.32. The number of alkyl halides is 2. The van der Waals surface area contributed by atoms with Crippen LogP contribution in [-0.2, 0) is 0 Å². The van der Waals surface area contributed by atoms with Gasteiger partial charge in [-0.2, -0.15) is 0 Å². The van der Waals surface area contributed by atoms with Crippen molar-refractivity contribution in [1.82, 2.24) is 5.32 Å². The Morgan fingerprint density at radius 3 is 2.73 bits per heavy atom. The largest absolute Gasteiger partial charge is 0.483 e. The number of aliphatic hydroxyl groups is 1. The van der Waals surface area contributed by atoms with Crippen LogP contribution in [0, 0.1) is 0 Å². The fourth-order valence-electron chi connectivity index (χ4n) is 1.66. The van der Waals surface area contributed by atoms with Crippen molar-refractivity contribution >= 4 is 17.2 Å². The van der Waals surface area contributed by atoms with E-state index in [-0.39, 0.29) is 17.4 Å². The Morgan fingerprint density at radius 2 is 2.18 bits per heavy atom. The van der Waals surface area contributed by atoms with Crippen molar-refractivity contribution in [1.29, 1.82) is 0 Å². The smallest absolute Gasteiger partial charge is 0.281 e. The molecule has 0 aliphatic heterocycles. The van der Waals surface area contributed by atoms with Gasteiger partial charge in [-0.15, -0.1) is 0 Å². The maximum Gasteiger partial charge on any atom is 0.281 e. The van der Waals surface area contributed by atoms with Gasteiger partial charge in [-0.25, -0.2) is 8.78 Å². The first-order valence-corrected chi connectivity index (χ1v) is 7.47. The van der Waals surface area contributed by atoms with Crippen molar-refractivity contribution in [3.05, 3.63) is 35.4 Å². The summed E-state index contributed by atoms with van der Waals surface area (Å²) in [7, 11) is 0. The van der Waals surface area contributed by atoms with Crippen molar-refractivity contribution < 1.29 is 18.6 Å². The normalized spacial score (nSPS) is 13.0. The quantitative estimate of drug-likeness (QED) is 0.676. The van der Waals surface area contributed by atoms with E-state index in [0.29, 0.717) is 19.5 Å². The standard InChI is InChI=1S/C16H22ClF2NO2/c1-11(10-20-7-4-8-21)13-5-6-15(14(17)9-13)22-12(2)16(3,18)19/h5-6,9,12,20-21H,1,4,7-8,10H2,2-3H3. The predicted octanol–water partition coefficient (Wildman–Crippen LogP) is 3.75. The maximum absolute atomic E-state index is 13.1. The molecule has 0 amide bonds. The third kappa shape index (κ3) is 5.91. The van der Waals surface area contributed by atoms with Gasteiger partial charge in [-0.1, -0.05) is 24.2 Å². The van der Waals surface area contributed by atoms with E-state index in [9.17, 15) is 8.78 Å². The first kappa shape index (κ1) is 18.9. The summed E-state index contributed by atoms with van der Waals surface area (Å²) < 4.78 is 31.5. The van der Waals surface area contributed by atoms with Crippen LogP contribution in [0.2, 0.25) is 5.02 Å². The number of hydrogen-bond donors (Lipinski definition) is 2. The molecule has 0 aliphatic rings. The topological polar surface area (TPSA) is 41.5 Å². The minimum atomic E-state index is -2.94. The Hall–Kier alpha value is -1.17. The highest BCUT2D eigenvalue weighted by Crippen LogP contribution is 2.31. The van der Waals surface area contributed by atoms with Crippen LogP contribution in [0.15, 0.2) is 24.8 Å². The third-order valence-corrected chi connectivity index (χ3v) is 3.50. The average molecular weight is 334 g/mol. The van der Waals surface area contributed by atoms with Gasteiger partial charge in [-0.3, -0.25) is 0 Å². The first-order chi connectivity index (χ1) is 10.3. The number of nitrogens with one attached hydrogen (secondary N) is 1. The lowest BCUT2D eigenvalue weighted by molar-refractivity contribution is -0.0717. The van der Waals surface area contributed by atoms with Crippen LogP contribution in [0.3, 0.4) is 0 Å². The summed E-state index contributed by atoms with van der Waals surface area (Å²) in [6, 6.07) is 4.95. The zero-order valence-electron chi connectivity index (χ0n) is 12.8. The van der Waals surface area contributed by atoms with Crippen LogP contribution in [-0.4, -0.2) is 36.8 Å². The summed E-state index contributed by atoms with van der Waals surface area (Å²) in [6.45, 7) is 7.43. The van der Waals surface area contributed by atoms with Gasteiger partial charge in [-0.05, 0) is 43.2 Å². The van der Waals surface area contributed by atoms with Crippen LogP contribution in [0.1, 0.15) is 25.8 Å². The fourth-order valence-corrected chi connectivity index (χ4v) is 1.88. The summed E-state index contributed by atoms with van der Waals surface area (Å²) in [5.41, 5.74) is 1.63. The van der Waals surface area contributed by atoms with E-state index < -0.39 is 12.0 Å². The van der Waals surface area contributed by atoms with Crippen LogP contribution in [0.4, 0.5) is 8.78 Å². The highest BCUT2D eigenvalue weighted by atomic mass is 35.5. The Morgan fingerprint density at radius 1 is 1.50 bits per heavy atom. The summed E-state index contributed by atoms with van der Waals surface area (Å²) in [6.07, 6.45) is -0.594. The zero-order valence-corrected chi connectivity index (χ0v) is 13.6. The molecule has 2 N–H and O–H groups in total. The Balaban J connectivity index is 2.67. The van der Waals surface area contributed by atoms with Gasteiger partial charge in [0, 0.05) is 20.1 Å². The van der Waals surface area contributed by atoms with E-state index >= 15 is 0 Å². The Bertz CT molecular complexity index is 503. The molecule has 0 heterocycles. The summed E-state index contributed by atoms with van der Waals surface area (Å²) in [5, 5.41) is 12.1. The number of halogens is 3. The Labute approximate surface area is 134 Å². The van der Waals surface area contributed by atoms with Crippen LogP contribution < -0.4 is 10.1 Å². The molecule has 6 heteroatoms. The SMILES string of the molecule is C=C(CNCCCO)c1ccc(OC(C)C(C)(F)F)c(Cl)c1. The molecule has 3 nitrogen and oxygen atoms in total. The molecule has 1 aromatic rings. The molecule has 22 heavy (non-hydrogen) atoms. The van der Waals surface area contributed by atoms with Gasteiger partial charge >= 0.3 is 0 Å². The molecular formula is C16H22ClF2NO2. The first-order valence-electron chi connectivity index (χ1n) is 7.09. The van der Waals surface area contributed by atoms with E-state index in [1.807, 2.05) is 0 Å². The Kier molecular flexibility index (Phi) is 7.26. The van der Waals surface area contributed by atoms with Crippen LogP contribution in [0.25, 0.3) is 5.57 Å². The molecule has 0 aliphatic carbocycles. The molecule has 124 valence electrons. The van der Waals surface area contributed by atoms with Crippen molar-refractivity contribution in [2.75, 3.05) is 19.7 Å². The lowest BCUT2D eigenvalue weighted by Gasteiger charge is -2.21. The molecule has 0 fully saturated rings. The van der Waals surface area contributed by atoms with Gasteiger partial charge in [0.05, 0.1) is 5.02 Å². The highest BCUT2D eigenvalue weighted by molar-refractivity contribution is 6.32. The number of ether oxygens (including phenoxy) is 1. The number of hydrogen-bond acceptors (Lipinski definition) is 3. The molecule has 1 aromatic carbocycles. The fraction of sp³-hybridized carbons (Fsp3) is 0.500. The summed E-state index contributed by atoms with van der Waals surface area (Å²) in [5.74, 6) is -2.72. The molecule has 1 atom stereocenters. The zero-order chi connectivity index (χ0) is 16.8. The molecule has 0 saturated heterocycles. The molecule has 0 radical (unpaired) electrons. The lowest BCUT2D eigenvalue weighted by atomic mass is 10.1. The molecule has 0 aromatic heterocycles. The molecule has 0 bridgehead atoms. The maximum atomic E-state index is 13.1. The van der Waals surface area contributed by atoms with E-state index in [2.05, 4.69) is 11.9 Å². The van der Waals surface area contributed by atoms with Gasteiger partial charge in [0.2, 0.25) is 0 Å². The van der Waals surface area contributed by atoms with Crippen molar-refractivity contribution in [2.45, 2.75) is 32.3 Å². The van der Waals surface area contributed by atoms with Gasteiger partial charge in [0.1, 0.15) is 5.75 Å². The second kappa shape index (κ2) is 8.46. The molecule has 1 unspecified atom stereocenters. The molecule has 1 rings (SSSR count).